The molecule has 1 fully saturated rings. The second kappa shape index (κ2) is 2.90. The van der Waals surface area contributed by atoms with E-state index in [0.717, 1.165) is 24.2 Å². The smallest absolute Gasteiger partial charge is 0.103 e. The molecule has 2 aromatic rings. The molecule has 0 amide bonds. The summed E-state index contributed by atoms with van der Waals surface area (Å²) in [6.07, 6.45) is 3.95. The van der Waals surface area contributed by atoms with Gasteiger partial charge in [0.15, 0.2) is 0 Å². The summed E-state index contributed by atoms with van der Waals surface area (Å²) in [5, 5.41) is 8.19. The van der Waals surface area contributed by atoms with Crippen molar-refractivity contribution in [3.8, 4) is 5.69 Å². The summed E-state index contributed by atoms with van der Waals surface area (Å²) in [5.41, 5.74) is 7.75. The predicted octanol–water partition coefficient (Wildman–Crippen LogP) is 1.22. The monoisotopic (exact) mass is 200 g/mol. The van der Waals surface area contributed by atoms with Crippen molar-refractivity contribution in [1.82, 2.24) is 15.0 Å². The van der Waals surface area contributed by atoms with Crippen molar-refractivity contribution in [3.05, 3.63) is 42.2 Å². The lowest BCUT2D eigenvalue weighted by molar-refractivity contribution is 0.699. The number of hydrogen-bond acceptors (Lipinski definition) is 3. The third-order valence-electron chi connectivity index (χ3n) is 2.81. The fraction of sp³-hybridized carbons (Fsp3) is 0.273. The molecule has 0 bridgehead atoms. The molecule has 0 unspecified atom stereocenters. The molecule has 2 N–H and O–H groups in total. The molecule has 4 heteroatoms. The Morgan fingerprint density at radius 1 is 1.20 bits per heavy atom. The zero-order valence-electron chi connectivity index (χ0n) is 8.30. The molecule has 0 spiro atoms. The van der Waals surface area contributed by atoms with Gasteiger partial charge in [-0.15, -0.1) is 5.10 Å². The summed E-state index contributed by atoms with van der Waals surface area (Å²) in [6, 6.07) is 9.92. The fourth-order valence-electron chi connectivity index (χ4n) is 1.59. The van der Waals surface area contributed by atoms with E-state index in [-0.39, 0.29) is 5.54 Å². The van der Waals surface area contributed by atoms with Crippen molar-refractivity contribution in [1.29, 1.82) is 0 Å². The van der Waals surface area contributed by atoms with Crippen LogP contribution in [0.1, 0.15) is 18.5 Å². The van der Waals surface area contributed by atoms with Crippen LogP contribution in [-0.4, -0.2) is 15.0 Å². The minimum atomic E-state index is -0.201. The van der Waals surface area contributed by atoms with E-state index in [2.05, 4.69) is 10.3 Å². The molecule has 1 aliphatic carbocycles. The second-order valence-corrected chi connectivity index (χ2v) is 4.04. The summed E-state index contributed by atoms with van der Waals surface area (Å²) in [7, 11) is 0. The summed E-state index contributed by atoms with van der Waals surface area (Å²) in [4.78, 5) is 0. The Morgan fingerprint density at radius 2 is 1.93 bits per heavy atom. The SMILES string of the molecule is NC1(c2cn(-c3ccccc3)nn2)CC1. The summed E-state index contributed by atoms with van der Waals surface area (Å²) < 4.78 is 1.77. The highest BCUT2D eigenvalue weighted by Gasteiger charge is 2.42. The standard InChI is InChI=1S/C11H12N4/c12-11(6-7-11)10-8-15(14-13-10)9-4-2-1-3-5-9/h1-5,8H,6-7,12H2. The molecular weight excluding hydrogens is 188 g/mol. The second-order valence-electron chi connectivity index (χ2n) is 4.04. The summed E-state index contributed by atoms with van der Waals surface area (Å²) >= 11 is 0. The number of hydrogen-bond donors (Lipinski definition) is 1. The number of rotatable bonds is 2. The fourth-order valence-corrected chi connectivity index (χ4v) is 1.59. The number of nitrogens with two attached hydrogens (primary N) is 1. The largest absolute Gasteiger partial charge is 0.320 e. The first-order valence-electron chi connectivity index (χ1n) is 5.05. The third kappa shape index (κ3) is 1.43. The van der Waals surface area contributed by atoms with Crippen LogP contribution < -0.4 is 5.73 Å². The lowest BCUT2D eigenvalue weighted by atomic mass is 10.2. The van der Waals surface area contributed by atoms with Gasteiger partial charge in [-0.25, -0.2) is 4.68 Å². The summed E-state index contributed by atoms with van der Waals surface area (Å²) in [6.45, 7) is 0. The number of nitrogens with zero attached hydrogens (tertiary/aromatic N) is 3. The van der Waals surface area contributed by atoms with Gasteiger partial charge in [0, 0.05) is 0 Å². The van der Waals surface area contributed by atoms with Crippen molar-refractivity contribution in [2.75, 3.05) is 0 Å². The van der Waals surface area contributed by atoms with Gasteiger partial charge in [0.25, 0.3) is 0 Å². The summed E-state index contributed by atoms with van der Waals surface area (Å²) in [5.74, 6) is 0. The quantitative estimate of drug-likeness (QED) is 0.792. The Morgan fingerprint density at radius 3 is 2.60 bits per heavy atom. The van der Waals surface area contributed by atoms with Gasteiger partial charge in [-0.2, -0.15) is 0 Å². The van der Waals surface area contributed by atoms with E-state index >= 15 is 0 Å². The maximum absolute atomic E-state index is 6.04. The van der Waals surface area contributed by atoms with Crippen LogP contribution in [0.5, 0.6) is 0 Å². The van der Waals surface area contributed by atoms with Crippen LogP contribution in [-0.2, 0) is 5.54 Å². The van der Waals surface area contributed by atoms with E-state index in [0.29, 0.717) is 0 Å². The Kier molecular flexibility index (Phi) is 1.67. The molecule has 76 valence electrons. The average Bonchev–Trinajstić information content (AvgIpc) is 2.85. The van der Waals surface area contributed by atoms with Gasteiger partial charge in [-0.3, -0.25) is 0 Å². The van der Waals surface area contributed by atoms with E-state index < -0.39 is 0 Å². The molecule has 1 saturated carbocycles. The van der Waals surface area contributed by atoms with Crippen LogP contribution in [0.25, 0.3) is 5.69 Å². The molecule has 3 rings (SSSR count). The molecule has 1 aliphatic rings. The Balaban J connectivity index is 1.97. The van der Waals surface area contributed by atoms with Crippen LogP contribution in [0.3, 0.4) is 0 Å². The highest BCUT2D eigenvalue weighted by Crippen LogP contribution is 2.41. The maximum atomic E-state index is 6.04. The highest BCUT2D eigenvalue weighted by molar-refractivity contribution is 5.31. The third-order valence-corrected chi connectivity index (χ3v) is 2.81. The van der Waals surface area contributed by atoms with Crippen LogP contribution in [0.4, 0.5) is 0 Å². The molecule has 0 aliphatic heterocycles. The Bertz CT molecular complexity index is 470. The predicted molar refractivity (Wildman–Crippen MR) is 56.5 cm³/mol. The minimum Gasteiger partial charge on any atom is -0.320 e. The maximum Gasteiger partial charge on any atom is 0.103 e. The van der Waals surface area contributed by atoms with Crippen molar-refractivity contribution in [2.24, 2.45) is 5.73 Å². The van der Waals surface area contributed by atoms with E-state index in [1.807, 2.05) is 36.5 Å². The minimum absolute atomic E-state index is 0.201. The van der Waals surface area contributed by atoms with Crippen LogP contribution >= 0.6 is 0 Å². The topological polar surface area (TPSA) is 56.7 Å². The average molecular weight is 200 g/mol. The van der Waals surface area contributed by atoms with Gasteiger partial charge in [0.05, 0.1) is 17.4 Å². The van der Waals surface area contributed by atoms with Crippen molar-refractivity contribution < 1.29 is 0 Å². The van der Waals surface area contributed by atoms with E-state index in [9.17, 15) is 0 Å². The highest BCUT2D eigenvalue weighted by atomic mass is 15.4. The van der Waals surface area contributed by atoms with Crippen LogP contribution in [0.2, 0.25) is 0 Å². The van der Waals surface area contributed by atoms with Gasteiger partial charge >= 0.3 is 0 Å². The molecular formula is C11H12N4. The molecule has 15 heavy (non-hydrogen) atoms. The van der Waals surface area contributed by atoms with Gasteiger partial charge in [-0.05, 0) is 25.0 Å². The normalized spacial score (nSPS) is 17.7. The molecule has 1 aromatic heterocycles. The van der Waals surface area contributed by atoms with Crippen molar-refractivity contribution >= 4 is 0 Å². The number of benzene rings is 1. The lowest BCUT2D eigenvalue weighted by Crippen LogP contribution is -2.19. The molecule has 1 aromatic carbocycles. The molecule has 0 saturated heterocycles. The van der Waals surface area contributed by atoms with E-state index in [1.165, 1.54) is 0 Å². The van der Waals surface area contributed by atoms with Gasteiger partial charge in [0.2, 0.25) is 0 Å². The van der Waals surface area contributed by atoms with E-state index in [4.69, 9.17) is 5.73 Å². The first-order chi connectivity index (χ1) is 7.28. The zero-order valence-corrected chi connectivity index (χ0v) is 8.30. The van der Waals surface area contributed by atoms with Crippen LogP contribution in [0, 0.1) is 0 Å². The van der Waals surface area contributed by atoms with E-state index in [1.54, 1.807) is 4.68 Å². The lowest BCUT2D eigenvalue weighted by Gasteiger charge is -2.01. The number of para-hydroxylation sites is 1. The molecule has 4 nitrogen and oxygen atoms in total. The van der Waals surface area contributed by atoms with Crippen molar-refractivity contribution in [3.63, 3.8) is 0 Å². The Labute approximate surface area is 87.7 Å². The molecule has 0 radical (unpaired) electrons. The van der Waals surface area contributed by atoms with Gasteiger partial charge in [0.1, 0.15) is 5.69 Å². The van der Waals surface area contributed by atoms with Crippen LogP contribution in [0.15, 0.2) is 36.5 Å². The number of aromatic nitrogens is 3. The first-order valence-corrected chi connectivity index (χ1v) is 5.05. The molecule has 1 heterocycles. The first kappa shape index (κ1) is 8.61. The molecule has 0 atom stereocenters. The van der Waals surface area contributed by atoms with Crippen molar-refractivity contribution in [2.45, 2.75) is 18.4 Å². The Hall–Kier alpha value is -1.68. The zero-order chi connectivity index (χ0) is 10.3. The van der Waals surface area contributed by atoms with Gasteiger partial charge < -0.3 is 5.73 Å². The van der Waals surface area contributed by atoms with Gasteiger partial charge in [-0.1, -0.05) is 23.4 Å².